The number of amides is 1. The van der Waals surface area contributed by atoms with Crippen molar-refractivity contribution in [3.8, 4) is 0 Å². The molecule has 0 atom stereocenters. The van der Waals surface area contributed by atoms with E-state index in [0.717, 1.165) is 0 Å². The Kier molecular flexibility index (Phi) is 2.67. The van der Waals surface area contributed by atoms with E-state index in [1.165, 1.54) is 12.7 Å². The number of hydrogen-bond donors (Lipinski definition) is 2. The van der Waals surface area contributed by atoms with Gasteiger partial charge in [-0.1, -0.05) is 0 Å². The lowest BCUT2D eigenvalue weighted by atomic mass is 10.5. The van der Waals surface area contributed by atoms with Gasteiger partial charge in [0.05, 0.1) is 6.33 Å². The second-order valence-electron chi connectivity index (χ2n) is 3.26. The van der Waals surface area contributed by atoms with Crippen LogP contribution in [0.4, 0.5) is 5.82 Å². The van der Waals surface area contributed by atoms with Crippen molar-refractivity contribution in [3.63, 3.8) is 0 Å². The minimum Gasteiger partial charge on any atom is -0.382 e. The molecule has 0 aromatic carbocycles. The highest BCUT2D eigenvalue weighted by Gasteiger charge is 2.09. The number of hydrogen-bond acceptors (Lipinski definition) is 5. The summed E-state index contributed by atoms with van der Waals surface area (Å²) in [4.78, 5) is 23.3. The van der Waals surface area contributed by atoms with Gasteiger partial charge < -0.3 is 15.6 Å². The fourth-order valence-electron chi connectivity index (χ4n) is 1.42. The number of rotatable bonds is 3. The van der Waals surface area contributed by atoms with E-state index in [1.807, 2.05) is 6.92 Å². The van der Waals surface area contributed by atoms with Gasteiger partial charge in [-0.05, 0) is 6.92 Å². The van der Waals surface area contributed by atoms with Crippen molar-refractivity contribution in [2.75, 3.05) is 12.3 Å². The van der Waals surface area contributed by atoms with Gasteiger partial charge in [-0.25, -0.2) is 15.0 Å². The highest BCUT2D eigenvalue weighted by Crippen LogP contribution is 2.13. The Morgan fingerprint density at radius 3 is 3.06 bits per heavy atom. The second kappa shape index (κ2) is 4.13. The third-order valence-corrected chi connectivity index (χ3v) is 2.12. The molecule has 0 spiro atoms. The van der Waals surface area contributed by atoms with E-state index in [4.69, 9.17) is 5.73 Å². The standard InChI is InChI=1S/C9H12N6O/c1-2-11-6(16)3-15-5-14-7-8(10)12-4-13-9(7)15/h4-5H,2-3H2,1H3,(H,11,16)(H2,10,12,13). The van der Waals surface area contributed by atoms with Gasteiger partial charge in [-0.15, -0.1) is 0 Å². The van der Waals surface area contributed by atoms with Crippen molar-refractivity contribution in [2.45, 2.75) is 13.5 Å². The molecule has 0 fully saturated rings. The molecule has 3 N–H and O–H groups in total. The van der Waals surface area contributed by atoms with Gasteiger partial charge >= 0.3 is 0 Å². The first-order valence-corrected chi connectivity index (χ1v) is 4.90. The summed E-state index contributed by atoms with van der Waals surface area (Å²) in [7, 11) is 0. The number of imidazole rings is 1. The normalized spacial score (nSPS) is 10.6. The zero-order valence-corrected chi connectivity index (χ0v) is 8.84. The Bertz CT molecular complexity index is 520. The maximum absolute atomic E-state index is 11.4. The average Bonchev–Trinajstić information content (AvgIpc) is 2.64. The number of nitrogens with one attached hydrogen (secondary N) is 1. The zero-order valence-electron chi connectivity index (χ0n) is 8.84. The number of fused-ring (bicyclic) bond motifs is 1. The molecule has 0 aliphatic carbocycles. The van der Waals surface area contributed by atoms with Crippen LogP contribution in [0.3, 0.4) is 0 Å². The van der Waals surface area contributed by atoms with Crippen LogP contribution < -0.4 is 11.1 Å². The van der Waals surface area contributed by atoms with Gasteiger partial charge in [-0.2, -0.15) is 0 Å². The van der Waals surface area contributed by atoms with Crippen LogP contribution in [0, 0.1) is 0 Å². The summed E-state index contributed by atoms with van der Waals surface area (Å²) in [6, 6.07) is 0. The van der Waals surface area contributed by atoms with Crippen molar-refractivity contribution in [1.29, 1.82) is 0 Å². The summed E-state index contributed by atoms with van der Waals surface area (Å²) in [5.74, 6) is 0.235. The van der Waals surface area contributed by atoms with Crippen molar-refractivity contribution in [3.05, 3.63) is 12.7 Å². The predicted octanol–water partition coefficient (Wildman–Crippen LogP) is -0.455. The lowest BCUT2D eigenvalue weighted by molar-refractivity contribution is -0.121. The van der Waals surface area contributed by atoms with Crippen molar-refractivity contribution >= 4 is 22.9 Å². The minimum absolute atomic E-state index is 0.0843. The molecule has 2 rings (SSSR count). The summed E-state index contributed by atoms with van der Waals surface area (Å²) in [6.45, 7) is 2.65. The van der Waals surface area contributed by atoms with E-state index in [9.17, 15) is 4.79 Å². The number of nitrogens with two attached hydrogens (primary N) is 1. The van der Waals surface area contributed by atoms with E-state index in [0.29, 0.717) is 23.5 Å². The summed E-state index contributed by atoms with van der Waals surface area (Å²) >= 11 is 0. The average molecular weight is 220 g/mol. The monoisotopic (exact) mass is 220 g/mol. The van der Waals surface area contributed by atoms with E-state index in [1.54, 1.807) is 4.57 Å². The summed E-state index contributed by atoms with van der Waals surface area (Å²) in [5.41, 5.74) is 6.72. The molecule has 0 aliphatic rings. The topological polar surface area (TPSA) is 98.7 Å². The van der Waals surface area contributed by atoms with E-state index in [-0.39, 0.29) is 12.5 Å². The molecule has 2 heterocycles. The maximum Gasteiger partial charge on any atom is 0.240 e. The van der Waals surface area contributed by atoms with Crippen LogP contribution in [0.15, 0.2) is 12.7 Å². The number of likely N-dealkylation sites (N-methyl/N-ethyl adjacent to an activating group) is 1. The van der Waals surface area contributed by atoms with Crippen LogP contribution in [0.1, 0.15) is 6.92 Å². The van der Waals surface area contributed by atoms with Crippen LogP contribution in [-0.4, -0.2) is 32.0 Å². The van der Waals surface area contributed by atoms with Crippen molar-refractivity contribution in [2.24, 2.45) is 0 Å². The van der Waals surface area contributed by atoms with Crippen LogP contribution >= 0.6 is 0 Å². The smallest absolute Gasteiger partial charge is 0.240 e. The van der Waals surface area contributed by atoms with Gasteiger partial charge in [0.25, 0.3) is 0 Å². The molecule has 7 nitrogen and oxygen atoms in total. The van der Waals surface area contributed by atoms with Crippen LogP contribution in [0.5, 0.6) is 0 Å². The molecule has 0 bridgehead atoms. The Hall–Kier alpha value is -2.18. The molecule has 0 saturated carbocycles. The lowest BCUT2D eigenvalue weighted by Crippen LogP contribution is -2.26. The Balaban J connectivity index is 2.32. The van der Waals surface area contributed by atoms with E-state index in [2.05, 4.69) is 20.3 Å². The third-order valence-electron chi connectivity index (χ3n) is 2.12. The van der Waals surface area contributed by atoms with Gasteiger partial charge in [0.2, 0.25) is 5.91 Å². The van der Waals surface area contributed by atoms with Crippen LogP contribution in [0.2, 0.25) is 0 Å². The third kappa shape index (κ3) is 1.79. The van der Waals surface area contributed by atoms with Crippen molar-refractivity contribution < 1.29 is 4.79 Å². The van der Waals surface area contributed by atoms with E-state index < -0.39 is 0 Å². The van der Waals surface area contributed by atoms with Gasteiger partial charge in [0.1, 0.15) is 18.4 Å². The Morgan fingerprint density at radius 1 is 1.50 bits per heavy atom. The number of carbonyl (C=O) groups excluding carboxylic acids is 1. The molecule has 0 radical (unpaired) electrons. The Labute approximate surface area is 91.7 Å². The Morgan fingerprint density at radius 2 is 2.31 bits per heavy atom. The first-order chi connectivity index (χ1) is 7.72. The number of nitrogens with zero attached hydrogens (tertiary/aromatic N) is 4. The SMILES string of the molecule is CCNC(=O)Cn1cnc2c(N)ncnc21. The summed E-state index contributed by atoms with van der Waals surface area (Å²) in [6.07, 6.45) is 2.89. The second-order valence-corrected chi connectivity index (χ2v) is 3.26. The molecular formula is C9H12N6O. The van der Waals surface area contributed by atoms with Crippen LogP contribution in [-0.2, 0) is 11.3 Å². The predicted molar refractivity (Wildman–Crippen MR) is 58.4 cm³/mol. The number of anilines is 1. The lowest BCUT2D eigenvalue weighted by Gasteiger charge is -2.03. The summed E-state index contributed by atoms with van der Waals surface area (Å²) in [5, 5.41) is 2.70. The largest absolute Gasteiger partial charge is 0.382 e. The fraction of sp³-hybridized carbons (Fsp3) is 0.333. The van der Waals surface area contributed by atoms with Crippen molar-refractivity contribution in [1.82, 2.24) is 24.8 Å². The molecule has 2 aromatic rings. The van der Waals surface area contributed by atoms with Gasteiger partial charge in [0.15, 0.2) is 11.5 Å². The molecular weight excluding hydrogens is 208 g/mol. The molecule has 7 heteroatoms. The maximum atomic E-state index is 11.4. The highest BCUT2D eigenvalue weighted by molar-refractivity contribution is 5.83. The number of carbonyl (C=O) groups is 1. The van der Waals surface area contributed by atoms with Gasteiger partial charge in [-0.3, -0.25) is 4.79 Å². The molecule has 1 amide bonds. The quantitative estimate of drug-likeness (QED) is 0.729. The van der Waals surface area contributed by atoms with E-state index >= 15 is 0 Å². The molecule has 84 valence electrons. The first-order valence-electron chi connectivity index (χ1n) is 4.90. The van der Waals surface area contributed by atoms with Crippen LogP contribution in [0.25, 0.3) is 11.2 Å². The molecule has 2 aromatic heterocycles. The zero-order chi connectivity index (χ0) is 11.5. The number of nitrogen functional groups attached to an aromatic ring is 1. The molecule has 0 aliphatic heterocycles. The fourth-order valence-corrected chi connectivity index (χ4v) is 1.42. The van der Waals surface area contributed by atoms with Gasteiger partial charge in [0, 0.05) is 6.54 Å². The molecule has 0 unspecified atom stereocenters. The molecule has 0 saturated heterocycles. The minimum atomic E-state index is -0.0843. The number of aromatic nitrogens is 4. The highest BCUT2D eigenvalue weighted by atomic mass is 16.1. The first kappa shape index (κ1) is 10.3. The summed E-state index contributed by atoms with van der Waals surface area (Å²) < 4.78 is 1.64. The molecule has 16 heavy (non-hydrogen) atoms.